The Morgan fingerprint density at radius 1 is 1.64 bits per heavy atom. The third-order valence-electron chi connectivity index (χ3n) is 1.10. The van der Waals surface area contributed by atoms with Crippen molar-refractivity contribution >= 4 is 11.6 Å². The lowest BCUT2D eigenvalue weighted by Gasteiger charge is -1.97. The molecule has 0 spiro atoms. The molecule has 0 N–H and O–H groups in total. The van der Waals surface area contributed by atoms with Crippen LogP contribution in [0.2, 0.25) is 5.15 Å². The number of rotatable bonds is 1. The van der Waals surface area contributed by atoms with E-state index in [1.54, 1.807) is 6.92 Å². The van der Waals surface area contributed by atoms with Crippen molar-refractivity contribution in [3.63, 3.8) is 0 Å². The van der Waals surface area contributed by atoms with Crippen LogP contribution >= 0.6 is 11.6 Å². The van der Waals surface area contributed by atoms with Gasteiger partial charge in [-0.1, -0.05) is 11.6 Å². The maximum atomic E-state index is 10.8. The predicted octanol–water partition coefficient (Wildman–Crippen LogP) is 1.01. The third-order valence-corrected chi connectivity index (χ3v) is 1.45. The zero-order chi connectivity index (χ0) is 8.43. The molecule has 0 radical (unpaired) electrons. The number of aromatic nitrogens is 1. The van der Waals surface area contributed by atoms with Crippen LogP contribution in [0, 0.1) is 6.92 Å². The van der Waals surface area contributed by atoms with Crippen LogP contribution in [0.5, 0.6) is 5.88 Å². The average Bonchev–Trinajstić information content (AvgIpc) is 1.97. The van der Waals surface area contributed by atoms with E-state index in [4.69, 9.17) is 11.6 Å². The number of aryl methyl sites for hydroxylation is 1. The zero-order valence-corrected chi connectivity index (χ0v) is 6.81. The van der Waals surface area contributed by atoms with Crippen molar-refractivity contribution in [2.45, 2.75) is 6.92 Å². The van der Waals surface area contributed by atoms with E-state index >= 15 is 0 Å². The summed E-state index contributed by atoms with van der Waals surface area (Å²) in [7, 11) is 1.32. The first-order valence-electron chi connectivity index (χ1n) is 2.86. The molecule has 1 aromatic heterocycles. The number of hydrogen-bond acceptors (Lipinski definition) is 4. The van der Waals surface area contributed by atoms with Gasteiger partial charge in [-0.05, 0) is 6.92 Å². The van der Waals surface area contributed by atoms with Crippen LogP contribution in [0.4, 0.5) is 0 Å². The SMILES string of the molecule is COc1nc(Cl)c(C)oc1=O. The molecule has 11 heavy (non-hydrogen) atoms. The molecule has 0 aliphatic carbocycles. The average molecular weight is 176 g/mol. The molecule has 1 aromatic rings. The fraction of sp³-hybridized carbons (Fsp3) is 0.333. The number of ether oxygens (including phenoxy) is 1. The molecule has 0 aliphatic heterocycles. The van der Waals surface area contributed by atoms with Crippen LogP contribution in [0.15, 0.2) is 9.21 Å². The smallest absolute Gasteiger partial charge is 0.399 e. The summed E-state index contributed by atoms with van der Waals surface area (Å²) in [6.45, 7) is 1.55. The highest BCUT2D eigenvalue weighted by molar-refractivity contribution is 6.29. The molecule has 0 aliphatic rings. The molecule has 0 aromatic carbocycles. The van der Waals surface area contributed by atoms with Crippen molar-refractivity contribution in [2.75, 3.05) is 7.11 Å². The minimum Gasteiger partial charge on any atom is -0.476 e. The standard InChI is InChI=1S/C6H6ClNO3/c1-3-4(7)8-5(10-2)6(9)11-3/h1-2H3. The van der Waals surface area contributed by atoms with Gasteiger partial charge in [-0.3, -0.25) is 0 Å². The largest absolute Gasteiger partial charge is 0.476 e. The van der Waals surface area contributed by atoms with Gasteiger partial charge in [-0.2, -0.15) is 4.98 Å². The highest BCUT2D eigenvalue weighted by Gasteiger charge is 2.07. The zero-order valence-electron chi connectivity index (χ0n) is 6.05. The third kappa shape index (κ3) is 1.51. The molecule has 0 fully saturated rings. The van der Waals surface area contributed by atoms with E-state index in [2.05, 4.69) is 14.1 Å². The second-order valence-corrected chi connectivity index (χ2v) is 2.22. The Morgan fingerprint density at radius 3 is 2.82 bits per heavy atom. The normalized spacial score (nSPS) is 9.73. The maximum Gasteiger partial charge on any atom is 0.399 e. The number of hydrogen-bond donors (Lipinski definition) is 0. The van der Waals surface area contributed by atoms with Crippen molar-refractivity contribution in [1.29, 1.82) is 0 Å². The van der Waals surface area contributed by atoms with E-state index in [1.807, 2.05) is 0 Å². The lowest BCUT2D eigenvalue weighted by Crippen LogP contribution is -2.07. The van der Waals surface area contributed by atoms with E-state index in [-0.39, 0.29) is 16.8 Å². The van der Waals surface area contributed by atoms with Crippen LogP contribution in [0.1, 0.15) is 5.76 Å². The highest BCUT2D eigenvalue weighted by Crippen LogP contribution is 2.11. The molecule has 1 heterocycles. The topological polar surface area (TPSA) is 52.3 Å². The van der Waals surface area contributed by atoms with Crippen molar-refractivity contribution < 1.29 is 9.15 Å². The van der Waals surface area contributed by atoms with Crippen LogP contribution in [0.25, 0.3) is 0 Å². The highest BCUT2D eigenvalue weighted by atomic mass is 35.5. The lowest BCUT2D eigenvalue weighted by atomic mass is 10.6. The summed E-state index contributed by atoms with van der Waals surface area (Å²) in [6.07, 6.45) is 0. The summed E-state index contributed by atoms with van der Waals surface area (Å²) in [6, 6.07) is 0. The fourth-order valence-electron chi connectivity index (χ4n) is 0.567. The van der Waals surface area contributed by atoms with Gasteiger partial charge in [0.2, 0.25) is 0 Å². The lowest BCUT2D eigenvalue weighted by molar-refractivity contribution is 0.351. The number of halogens is 1. The Hall–Kier alpha value is -1.03. The minimum absolute atomic E-state index is 0.124. The summed E-state index contributed by atoms with van der Waals surface area (Å²) >= 11 is 5.54. The summed E-state index contributed by atoms with van der Waals surface area (Å²) in [4.78, 5) is 14.4. The van der Waals surface area contributed by atoms with E-state index in [1.165, 1.54) is 7.11 Å². The van der Waals surface area contributed by atoms with Gasteiger partial charge in [-0.25, -0.2) is 4.79 Å². The predicted molar refractivity (Wildman–Crippen MR) is 39.1 cm³/mol. The van der Waals surface area contributed by atoms with E-state index in [0.29, 0.717) is 0 Å². The molecule has 1 rings (SSSR count). The summed E-state index contributed by atoms with van der Waals surface area (Å²) < 4.78 is 9.23. The molecule has 4 nitrogen and oxygen atoms in total. The maximum absolute atomic E-state index is 10.8. The Kier molecular flexibility index (Phi) is 2.14. The summed E-state index contributed by atoms with van der Waals surface area (Å²) in [5.41, 5.74) is -0.616. The van der Waals surface area contributed by atoms with Gasteiger partial charge in [0.25, 0.3) is 0 Å². The molecule has 0 bridgehead atoms. The first-order valence-corrected chi connectivity index (χ1v) is 3.24. The number of nitrogens with zero attached hydrogens (tertiary/aromatic N) is 1. The van der Waals surface area contributed by atoms with Gasteiger partial charge < -0.3 is 9.15 Å². The van der Waals surface area contributed by atoms with Crippen molar-refractivity contribution in [3.8, 4) is 5.88 Å². The molecule has 0 saturated carbocycles. The Balaban J connectivity index is 3.32. The molecule has 0 unspecified atom stereocenters. The quantitative estimate of drug-likeness (QED) is 0.639. The van der Waals surface area contributed by atoms with Crippen molar-refractivity contribution in [3.05, 3.63) is 21.3 Å². The first kappa shape index (κ1) is 8.07. The first-order chi connectivity index (χ1) is 5.15. The molecule has 0 saturated heterocycles. The van der Waals surface area contributed by atoms with Gasteiger partial charge in [0.15, 0.2) is 5.15 Å². The van der Waals surface area contributed by atoms with Crippen LogP contribution in [0.3, 0.4) is 0 Å². The summed E-state index contributed by atoms with van der Waals surface area (Å²) in [5.74, 6) is 0.165. The molecule has 0 amide bonds. The van der Waals surface area contributed by atoms with Crippen LogP contribution < -0.4 is 10.4 Å². The van der Waals surface area contributed by atoms with E-state index < -0.39 is 5.63 Å². The Morgan fingerprint density at radius 2 is 2.27 bits per heavy atom. The van der Waals surface area contributed by atoms with Gasteiger partial charge in [0.05, 0.1) is 7.11 Å². The fourth-order valence-corrected chi connectivity index (χ4v) is 0.683. The molecule has 5 heteroatoms. The molecular weight excluding hydrogens is 170 g/mol. The summed E-state index contributed by atoms with van der Waals surface area (Å²) in [5, 5.41) is 0.140. The second kappa shape index (κ2) is 2.92. The van der Waals surface area contributed by atoms with Crippen molar-refractivity contribution in [2.24, 2.45) is 0 Å². The van der Waals surface area contributed by atoms with Crippen LogP contribution in [-0.4, -0.2) is 12.1 Å². The van der Waals surface area contributed by atoms with E-state index in [0.717, 1.165) is 0 Å². The van der Waals surface area contributed by atoms with E-state index in [9.17, 15) is 4.79 Å². The molecule has 60 valence electrons. The molecule has 0 atom stereocenters. The Labute approximate surface area is 67.8 Å². The van der Waals surface area contributed by atoms with Crippen molar-refractivity contribution in [1.82, 2.24) is 4.98 Å². The van der Waals surface area contributed by atoms with Gasteiger partial charge in [0.1, 0.15) is 5.76 Å². The van der Waals surface area contributed by atoms with Gasteiger partial charge in [-0.15, -0.1) is 0 Å². The Bertz CT molecular complexity index is 320. The van der Waals surface area contributed by atoms with Crippen LogP contribution in [-0.2, 0) is 0 Å². The number of methoxy groups -OCH3 is 1. The monoisotopic (exact) mass is 175 g/mol. The van der Waals surface area contributed by atoms with Gasteiger partial charge in [0, 0.05) is 0 Å². The van der Waals surface area contributed by atoms with Gasteiger partial charge >= 0.3 is 11.5 Å². The molecular formula is C6H6ClNO3. The minimum atomic E-state index is -0.616. The second-order valence-electron chi connectivity index (χ2n) is 1.86.